The summed E-state index contributed by atoms with van der Waals surface area (Å²) in [4.78, 5) is 41.4. The van der Waals surface area contributed by atoms with Gasteiger partial charge in [-0.1, -0.05) is 0 Å². The summed E-state index contributed by atoms with van der Waals surface area (Å²) >= 11 is 0. The van der Waals surface area contributed by atoms with Crippen LogP contribution in [-0.2, 0) is 9.59 Å². The van der Waals surface area contributed by atoms with E-state index in [1.54, 1.807) is 6.20 Å². The summed E-state index contributed by atoms with van der Waals surface area (Å²) in [6.07, 6.45) is 3.45. The first kappa shape index (κ1) is 12.8. The molecule has 22 heavy (non-hydrogen) atoms. The van der Waals surface area contributed by atoms with Crippen molar-refractivity contribution >= 4 is 34.2 Å². The predicted octanol–water partition coefficient (Wildman–Crippen LogP) is 0.706. The number of hydrogen-bond donors (Lipinski definition) is 2. The van der Waals surface area contributed by atoms with Gasteiger partial charge in [0.1, 0.15) is 11.8 Å². The molecule has 0 spiro atoms. The van der Waals surface area contributed by atoms with E-state index >= 15 is 0 Å². The number of aromatic nitrogens is 1. The molecule has 4 rings (SSSR count). The molecule has 0 bridgehead atoms. The fourth-order valence-corrected chi connectivity index (χ4v) is 3.11. The van der Waals surface area contributed by atoms with Crippen molar-refractivity contribution < 1.29 is 19.5 Å². The minimum Gasteiger partial charge on any atom is -0.508 e. The second kappa shape index (κ2) is 4.27. The molecule has 1 aromatic carbocycles. The molecule has 3 amide bonds. The number of rotatable bonds is 1. The summed E-state index contributed by atoms with van der Waals surface area (Å²) in [7, 11) is 0. The Kier molecular flexibility index (Phi) is 2.47. The third kappa shape index (κ3) is 1.62. The molecule has 1 saturated heterocycles. The summed E-state index contributed by atoms with van der Waals surface area (Å²) in [5, 5.41) is 13.4. The lowest BCUT2D eigenvalue weighted by Crippen LogP contribution is -2.53. The number of anilines is 1. The number of aromatic hydroxyl groups is 1. The number of imide groups is 1. The smallest absolute Gasteiger partial charge is 0.261 e. The lowest BCUT2D eigenvalue weighted by atomic mass is 10.0. The Morgan fingerprint density at radius 3 is 2.82 bits per heavy atom. The Morgan fingerprint density at radius 1 is 1.23 bits per heavy atom. The third-order valence-corrected chi connectivity index (χ3v) is 4.05. The molecule has 1 unspecified atom stereocenters. The highest BCUT2D eigenvalue weighted by atomic mass is 16.3. The summed E-state index contributed by atoms with van der Waals surface area (Å²) in [5.41, 5.74) is 0.879. The van der Waals surface area contributed by atoms with Crippen LogP contribution in [0.15, 0.2) is 24.5 Å². The molecule has 2 aliphatic rings. The lowest BCUT2D eigenvalue weighted by Gasteiger charge is -2.30. The summed E-state index contributed by atoms with van der Waals surface area (Å²) in [5.74, 6) is -1.18. The minimum atomic E-state index is -0.761. The largest absolute Gasteiger partial charge is 0.508 e. The molecule has 3 heterocycles. The zero-order chi connectivity index (χ0) is 15.4. The number of carbonyl (C=O) groups is 3. The number of phenols is 1. The second-order valence-corrected chi connectivity index (χ2v) is 5.39. The Labute approximate surface area is 124 Å². The molecule has 0 radical (unpaired) electrons. The number of phenolic OH excluding ortho intramolecular Hbond substituents is 1. The van der Waals surface area contributed by atoms with Gasteiger partial charge in [0.05, 0.1) is 11.3 Å². The molecule has 0 aliphatic carbocycles. The third-order valence-electron chi connectivity index (χ3n) is 4.05. The summed E-state index contributed by atoms with van der Waals surface area (Å²) < 4.78 is 0. The van der Waals surface area contributed by atoms with Crippen LogP contribution >= 0.6 is 0 Å². The first-order chi connectivity index (χ1) is 10.6. The number of nitrogens with one attached hydrogen (secondary N) is 1. The zero-order valence-corrected chi connectivity index (χ0v) is 11.4. The number of carbonyl (C=O) groups excluding carboxylic acids is 3. The van der Waals surface area contributed by atoms with Gasteiger partial charge in [-0.2, -0.15) is 0 Å². The fraction of sp³-hybridized carbons (Fsp3) is 0.200. The summed E-state index contributed by atoms with van der Waals surface area (Å²) in [6, 6.07) is 2.22. The van der Waals surface area contributed by atoms with Crippen molar-refractivity contribution in [2.24, 2.45) is 0 Å². The molecule has 0 saturated carbocycles. The predicted molar refractivity (Wildman–Crippen MR) is 76.4 cm³/mol. The van der Waals surface area contributed by atoms with Gasteiger partial charge in [-0.05, 0) is 12.5 Å². The van der Waals surface area contributed by atoms with Crippen LogP contribution in [0.5, 0.6) is 5.75 Å². The highest BCUT2D eigenvalue weighted by Gasteiger charge is 2.41. The molecule has 2 N–H and O–H groups in total. The highest BCUT2D eigenvalue weighted by molar-refractivity contribution is 6.27. The van der Waals surface area contributed by atoms with Gasteiger partial charge in [0.15, 0.2) is 0 Å². The van der Waals surface area contributed by atoms with Crippen molar-refractivity contribution in [3.8, 4) is 5.75 Å². The first-order valence-corrected chi connectivity index (χ1v) is 6.84. The molecule has 1 aromatic heterocycles. The van der Waals surface area contributed by atoms with Crippen LogP contribution in [0.2, 0.25) is 0 Å². The normalized spacial score (nSPS) is 20.6. The lowest BCUT2D eigenvalue weighted by molar-refractivity contribution is -0.134. The maximum atomic E-state index is 12.7. The van der Waals surface area contributed by atoms with Crippen LogP contribution < -0.4 is 10.2 Å². The van der Waals surface area contributed by atoms with Crippen molar-refractivity contribution in [2.75, 3.05) is 4.90 Å². The van der Waals surface area contributed by atoms with E-state index in [2.05, 4.69) is 10.3 Å². The minimum absolute atomic E-state index is 0.00607. The van der Waals surface area contributed by atoms with E-state index in [-0.39, 0.29) is 30.4 Å². The van der Waals surface area contributed by atoms with Crippen molar-refractivity contribution in [2.45, 2.75) is 18.9 Å². The van der Waals surface area contributed by atoms with Gasteiger partial charge in [0.25, 0.3) is 5.91 Å². The van der Waals surface area contributed by atoms with Crippen molar-refractivity contribution in [3.05, 3.63) is 30.1 Å². The van der Waals surface area contributed by atoms with Crippen LogP contribution in [0.3, 0.4) is 0 Å². The van der Waals surface area contributed by atoms with Crippen LogP contribution in [0, 0.1) is 0 Å². The Bertz CT molecular complexity index is 861. The van der Waals surface area contributed by atoms with Gasteiger partial charge < -0.3 is 5.11 Å². The molecule has 110 valence electrons. The van der Waals surface area contributed by atoms with Gasteiger partial charge in [0.2, 0.25) is 11.8 Å². The summed E-state index contributed by atoms with van der Waals surface area (Å²) in [6.45, 7) is 0. The fourth-order valence-electron chi connectivity index (χ4n) is 3.11. The van der Waals surface area contributed by atoms with E-state index in [0.717, 1.165) is 0 Å². The Balaban J connectivity index is 1.89. The topological polar surface area (TPSA) is 99.6 Å². The van der Waals surface area contributed by atoms with Gasteiger partial charge >= 0.3 is 0 Å². The van der Waals surface area contributed by atoms with Gasteiger partial charge in [0, 0.05) is 35.7 Å². The zero-order valence-electron chi connectivity index (χ0n) is 11.4. The molecule has 7 heteroatoms. The Morgan fingerprint density at radius 2 is 2.05 bits per heavy atom. The van der Waals surface area contributed by atoms with Crippen molar-refractivity contribution in [3.63, 3.8) is 0 Å². The van der Waals surface area contributed by atoms with Gasteiger partial charge in [-0.3, -0.25) is 29.6 Å². The number of nitrogens with zero attached hydrogens (tertiary/aromatic N) is 2. The average molecular weight is 297 g/mol. The van der Waals surface area contributed by atoms with E-state index in [1.807, 2.05) is 0 Å². The quantitative estimate of drug-likeness (QED) is 0.755. The number of pyridine rings is 1. The van der Waals surface area contributed by atoms with Gasteiger partial charge in [-0.25, -0.2) is 0 Å². The van der Waals surface area contributed by atoms with E-state index in [9.17, 15) is 19.5 Å². The average Bonchev–Trinajstić information content (AvgIpc) is 2.74. The van der Waals surface area contributed by atoms with Crippen LogP contribution in [0.1, 0.15) is 23.2 Å². The molecule has 2 aromatic rings. The first-order valence-electron chi connectivity index (χ1n) is 6.84. The number of hydrogen-bond acceptors (Lipinski definition) is 5. The Hall–Kier alpha value is -2.96. The molecule has 2 aliphatic heterocycles. The van der Waals surface area contributed by atoms with E-state index in [1.165, 1.54) is 23.2 Å². The molecular weight excluding hydrogens is 286 g/mol. The molecule has 7 nitrogen and oxygen atoms in total. The van der Waals surface area contributed by atoms with Crippen LogP contribution in [0.4, 0.5) is 5.69 Å². The SMILES string of the molecule is O=C1CCC(N2C(=O)c3cncc4cc(O)cc2c34)C(=O)N1. The highest BCUT2D eigenvalue weighted by Crippen LogP contribution is 2.41. The monoisotopic (exact) mass is 297 g/mol. The van der Waals surface area contributed by atoms with Crippen LogP contribution in [-0.4, -0.2) is 33.9 Å². The number of amides is 3. The molecule has 1 fully saturated rings. The second-order valence-electron chi connectivity index (χ2n) is 5.39. The van der Waals surface area contributed by atoms with Crippen molar-refractivity contribution in [1.82, 2.24) is 10.3 Å². The number of benzene rings is 1. The van der Waals surface area contributed by atoms with E-state index < -0.39 is 11.9 Å². The molecular formula is C15H11N3O4. The maximum Gasteiger partial charge on any atom is 0.261 e. The van der Waals surface area contributed by atoms with E-state index in [4.69, 9.17) is 0 Å². The number of piperidine rings is 1. The standard InChI is InChI=1S/C15H11N3O4/c19-8-3-7-5-16-6-9-13(7)11(4-8)18(15(9)22)10-1-2-12(20)17-14(10)21/h3-6,10,19H,1-2H2,(H,17,20,21). The van der Waals surface area contributed by atoms with Crippen molar-refractivity contribution in [1.29, 1.82) is 0 Å². The molecule has 1 atom stereocenters. The van der Waals surface area contributed by atoms with Crippen LogP contribution in [0.25, 0.3) is 10.8 Å². The maximum absolute atomic E-state index is 12.7. The van der Waals surface area contributed by atoms with Gasteiger partial charge in [-0.15, -0.1) is 0 Å². The van der Waals surface area contributed by atoms with E-state index in [0.29, 0.717) is 22.0 Å².